The lowest BCUT2D eigenvalue weighted by molar-refractivity contribution is 0.00353. The first-order valence-electron chi connectivity index (χ1n) is 6.55. The fraction of sp³-hybridized carbons (Fsp3) is 0.533. The van der Waals surface area contributed by atoms with Gasteiger partial charge >= 0.3 is 0 Å². The van der Waals surface area contributed by atoms with Crippen LogP contribution in [0.5, 0.6) is 0 Å². The number of aliphatic hydroxyl groups excluding tert-OH is 1. The summed E-state index contributed by atoms with van der Waals surface area (Å²) in [6.45, 7) is 3.00. The maximum Gasteiger partial charge on any atom is 0.0638 e. The third-order valence-electron chi connectivity index (χ3n) is 3.73. The van der Waals surface area contributed by atoms with E-state index in [1.54, 1.807) is 0 Å². The van der Waals surface area contributed by atoms with Crippen LogP contribution >= 0.6 is 0 Å². The topological polar surface area (TPSA) is 47.3 Å². The normalized spacial score (nSPS) is 28.8. The summed E-state index contributed by atoms with van der Waals surface area (Å²) in [5.41, 5.74) is 1.27. The summed E-state index contributed by atoms with van der Waals surface area (Å²) in [6.07, 6.45) is 1.75. The number of hydrogen-bond donors (Lipinski definition) is 1. The van der Waals surface area contributed by atoms with Crippen LogP contribution < -0.4 is 0 Å². The summed E-state index contributed by atoms with van der Waals surface area (Å²) in [7, 11) is 0. The number of aliphatic hydroxyl groups is 1. The Kier molecular flexibility index (Phi) is 4.35. The van der Waals surface area contributed by atoms with Crippen LogP contribution in [0.3, 0.4) is 0 Å². The highest BCUT2D eigenvalue weighted by Crippen LogP contribution is 2.26. The van der Waals surface area contributed by atoms with Crippen LogP contribution in [0.1, 0.15) is 31.7 Å². The number of hydrogen-bond acceptors (Lipinski definition) is 3. The Morgan fingerprint density at radius 1 is 1.33 bits per heavy atom. The van der Waals surface area contributed by atoms with Gasteiger partial charge in [-0.2, -0.15) is 5.26 Å². The molecule has 1 aliphatic rings. The molecule has 1 aliphatic heterocycles. The minimum Gasteiger partial charge on any atom is -0.393 e. The van der Waals surface area contributed by atoms with Gasteiger partial charge in [-0.15, -0.1) is 0 Å². The van der Waals surface area contributed by atoms with Gasteiger partial charge in [0.1, 0.15) is 0 Å². The quantitative estimate of drug-likeness (QED) is 0.887. The second kappa shape index (κ2) is 5.99. The van der Waals surface area contributed by atoms with Crippen molar-refractivity contribution in [3.63, 3.8) is 0 Å². The average molecular weight is 244 g/mol. The molecule has 1 fully saturated rings. The zero-order chi connectivity index (χ0) is 13.0. The van der Waals surface area contributed by atoms with E-state index in [0.29, 0.717) is 18.9 Å². The van der Waals surface area contributed by atoms with E-state index in [1.807, 2.05) is 18.2 Å². The largest absolute Gasteiger partial charge is 0.393 e. The molecule has 1 heterocycles. The van der Waals surface area contributed by atoms with Crippen molar-refractivity contribution in [2.24, 2.45) is 0 Å². The van der Waals surface area contributed by atoms with Crippen LogP contribution in [-0.2, 0) is 6.54 Å². The van der Waals surface area contributed by atoms with Gasteiger partial charge in [-0.25, -0.2) is 0 Å². The van der Waals surface area contributed by atoms with Gasteiger partial charge in [-0.3, -0.25) is 4.90 Å². The van der Waals surface area contributed by atoms with Crippen molar-refractivity contribution in [1.29, 1.82) is 5.26 Å². The standard InChI is InChI=1S/C15H20N2O/c1-12-9-15(18)10-14(7-8-16)17(12)11-13-5-3-2-4-6-13/h2-6,12,14-15,18H,7,9-11H2,1H3/t12-,14-,15+/m1/s1. The Balaban J connectivity index is 2.10. The molecular weight excluding hydrogens is 224 g/mol. The molecule has 3 heteroatoms. The van der Waals surface area contributed by atoms with Crippen LogP contribution in [0.4, 0.5) is 0 Å². The number of nitrogens with zero attached hydrogens (tertiary/aromatic N) is 2. The van der Waals surface area contributed by atoms with E-state index in [2.05, 4.69) is 30.0 Å². The van der Waals surface area contributed by atoms with Gasteiger partial charge in [-0.05, 0) is 25.3 Å². The molecule has 0 radical (unpaired) electrons. The van der Waals surface area contributed by atoms with Crippen LogP contribution in [0.15, 0.2) is 30.3 Å². The Labute approximate surface area is 109 Å². The first-order valence-corrected chi connectivity index (χ1v) is 6.55. The molecule has 0 saturated carbocycles. The summed E-state index contributed by atoms with van der Waals surface area (Å²) >= 11 is 0. The minimum absolute atomic E-state index is 0.175. The average Bonchev–Trinajstić information content (AvgIpc) is 2.35. The monoisotopic (exact) mass is 244 g/mol. The Hall–Kier alpha value is -1.37. The highest BCUT2D eigenvalue weighted by molar-refractivity contribution is 5.15. The first kappa shape index (κ1) is 13.1. The van der Waals surface area contributed by atoms with E-state index in [0.717, 1.165) is 13.0 Å². The predicted molar refractivity (Wildman–Crippen MR) is 70.7 cm³/mol. The number of piperidine rings is 1. The number of rotatable bonds is 3. The molecule has 0 bridgehead atoms. The van der Waals surface area contributed by atoms with E-state index in [1.165, 1.54) is 5.56 Å². The van der Waals surface area contributed by atoms with E-state index in [-0.39, 0.29) is 12.1 Å². The van der Waals surface area contributed by atoms with E-state index < -0.39 is 0 Å². The molecule has 1 saturated heterocycles. The van der Waals surface area contributed by atoms with Gasteiger partial charge in [0.15, 0.2) is 0 Å². The molecule has 3 atom stereocenters. The maximum atomic E-state index is 9.82. The molecule has 0 aliphatic carbocycles. The first-order chi connectivity index (χ1) is 8.70. The van der Waals surface area contributed by atoms with E-state index in [9.17, 15) is 5.11 Å². The van der Waals surface area contributed by atoms with E-state index in [4.69, 9.17) is 5.26 Å². The molecule has 18 heavy (non-hydrogen) atoms. The minimum atomic E-state index is -0.259. The number of likely N-dealkylation sites (tertiary alicyclic amines) is 1. The summed E-state index contributed by atoms with van der Waals surface area (Å²) in [6, 6.07) is 13.1. The lowest BCUT2D eigenvalue weighted by atomic mass is 9.92. The number of benzene rings is 1. The molecular formula is C15H20N2O. The lowest BCUT2D eigenvalue weighted by Crippen LogP contribution is -2.48. The molecule has 2 rings (SSSR count). The summed E-state index contributed by atoms with van der Waals surface area (Å²) < 4.78 is 0. The third-order valence-corrected chi connectivity index (χ3v) is 3.73. The van der Waals surface area contributed by atoms with Gasteiger partial charge in [0.2, 0.25) is 0 Å². The third kappa shape index (κ3) is 3.10. The van der Waals surface area contributed by atoms with Crippen LogP contribution in [-0.4, -0.2) is 28.2 Å². The van der Waals surface area contributed by atoms with Gasteiger partial charge in [0.25, 0.3) is 0 Å². The molecule has 0 amide bonds. The second-order valence-electron chi connectivity index (χ2n) is 5.15. The predicted octanol–water partition coefficient (Wildman–Crippen LogP) is 2.31. The van der Waals surface area contributed by atoms with Crippen molar-refractivity contribution in [3.8, 4) is 6.07 Å². The SMILES string of the molecule is C[C@@H]1C[C@H](O)C[C@@H](CC#N)N1Cc1ccccc1. The zero-order valence-electron chi connectivity index (χ0n) is 10.8. The van der Waals surface area contributed by atoms with Crippen LogP contribution in [0.2, 0.25) is 0 Å². The Morgan fingerprint density at radius 2 is 2.06 bits per heavy atom. The summed E-state index contributed by atoms with van der Waals surface area (Å²) in [4.78, 5) is 2.35. The summed E-state index contributed by atoms with van der Waals surface area (Å²) in [5, 5.41) is 18.7. The molecule has 1 N–H and O–H groups in total. The van der Waals surface area contributed by atoms with E-state index >= 15 is 0 Å². The molecule has 3 nitrogen and oxygen atoms in total. The second-order valence-corrected chi connectivity index (χ2v) is 5.15. The summed E-state index contributed by atoms with van der Waals surface area (Å²) in [5.74, 6) is 0. The maximum absolute atomic E-state index is 9.82. The fourth-order valence-corrected chi connectivity index (χ4v) is 2.82. The highest BCUT2D eigenvalue weighted by atomic mass is 16.3. The number of nitriles is 1. The van der Waals surface area contributed by atoms with Gasteiger partial charge in [0.05, 0.1) is 18.6 Å². The molecule has 0 aromatic heterocycles. The van der Waals surface area contributed by atoms with Crippen molar-refractivity contribution in [1.82, 2.24) is 4.90 Å². The molecule has 1 aromatic carbocycles. The zero-order valence-corrected chi connectivity index (χ0v) is 10.8. The van der Waals surface area contributed by atoms with Gasteiger partial charge < -0.3 is 5.11 Å². The van der Waals surface area contributed by atoms with Crippen LogP contribution in [0, 0.1) is 11.3 Å². The lowest BCUT2D eigenvalue weighted by Gasteiger charge is -2.42. The van der Waals surface area contributed by atoms with Crippen molar-refractivity contribution in [2.45, 2.75) is 50.9 Å². The molecule has 96 valence electrons. The Bertz CT molecular complexity index is 412. The van der Waals surface area contributed by atoms with Gasteiger partial charge in [-0.1, -0.05) is 30.3 Å². The van der Waals surface area contributed by atoms with Crippen molar-refractivity contribution < 1.29 is 5.11 Å². The smallest absolute Gasteiger partial charge is 0.0638 e. The molecule has 0 unspecified atom stereocenters. The highest BCUT2D eigenvalue weighted by Gasteiger charge is 2.32. The fourth-order valence-electron chi connectivity index (χ4n) is 2.82. The van der Waals surface area contributed by atoms with Gasteiger partial charge in [0, 0.05) is 18.6 Å². The van der Waals surface area contributed by atoms with Crippen molar-refractivity contribution in [2.75, 3.05) is 0 Å². The molecule has 0 spiro atoms. The Morgan fingerprint density at radius 3 is 2.72 bits per heavy atom. The molecule has 1 aromatic rings. The van der Waals surface area contributed by atoms with Crippen molar-refractivity contribution in [3.05, 3.63) is 35.9 Å². The van der Waals surface area contributed by atoms with Crippen molar-refractivity contribution >= 4 is 0 Å². The van der Waals surface area contributed by atoms with Crippen LogP contribution in [0.25, 0.3) is 0 Å².